The lowest BCUT2D eigenvalue weighted by molar-refractivity contribution is 0.0941. The van der Waals surface area contributed by atoms with Crippen molar-refractivity contribution in [1.82, 2.24) is 5.32 Å². The van der Waals surface area contributed by atoms with Crippen molar-refractivity contribution in [2.24, 2.45) is 0 Å². The second-order valence-electron chi connectivity index (χ2n) is 4.23. The van der Waals surface area contributed by atoms with Crippen molar-refractivity contribution < 1.29 is 13.2 Å². The molecule has 1 aromatic rings. The molecule has 1 aromatic carbocycles. The van der Waals surface area contributed by atoms with Gasteiger partial charge >= 0.3 is 0 Å². The molecule has 1 saturated heterocycles. The molecule has 0 saturated carbocycles. The van der Waals surface area contributed by atoms with Gasteiger partial charge in [0.25, 0.3) is 5.91 Å². The third-order valence-corrected chi connectivity index (χ3v) is 4.90. The van der Waals surface area contributed by atoms with Crippen molar-refractivity contribution in [3.05, 3.63) is 33.8 Å². The first-order valence-electron chi connectivity index (χ1n) is 5.33. The van der Waals surface area contributed by atoms with Gasteiger partial charge in [0.05, 0.1) is 11.5 Å². The third-order valence-electron chi connectivity index (χ3n) is 2.69. The van der Waals surface area contributed by atoms with Gasteiger partial charge in [0.15, 0.2) is 9.84 Å². The summed E-state index contributed by atoms with van der Waals surface area (Å²) in [5.74, 6) is -0.247. The second-order valence-corrected chi connectivity index (χ2v) is 7.33. The molecule has 0 spiro atoms. The summed E-state index contributed by atoms with van der Waals surface area (Å²) in [5.41, 5.74) is 0.330. The van der Waals surface area contributed by atoms with Crippen LogP contribution < -0.4 is 5.32 Å². The van der Waals surface area contributed by atoms with Gasteiger partial charge in [0.1, 0.15) is 0 Å². The highest BCUT2D eigenvalue weighted by molar-refractivity contribution is 7.91. The lowest BCUT2D eigenvalue weighted by Gasteiger charge is -2.11. The number of hydrogen-bond acceptors (Lipinski definition) is 3. The number of benzene rings is 1. The molecule has 0 unspecified atom stereocenters. The molecule has 7 heteroatoms. The number of amides is 1. The van der Waals surface area contributed by atoms with Crippen LogP contribution in [0.5, 0.6) is 0 Å². The molecule has 1 amide bonds. The van der Waals surface area contributed by atoms with E-state index in [1.807, 2.05) is 0 Å². The van der Waals surface area contributed by atoms with Crippen LogP contribution in [0.1, 0.15) is 16.8 Å². The van der Waals surface area contributed by atoms with E-state index in [9.17, 15) is 13.2 Å². The predicted octanol–water partition coefficient (Wildman–Crippen LogP) is 1.91. The minimum absolute atomic E-state index is 0.00691. The Balaban J connectivity index is 2.08. The molecule has 0 aromatic heterocycles. The molecule has 2 rings (SSSR count). The Morgan fingerprint density at radius 3 is 2.33 bits per heavy atom. The van der Waals surface area contributed by atoms with Gasteiger partial charge in [-0.2, -0.15) is 0 Å². The van der Waals surface area contributed by atoms with E-state index in [1.54, 1.807) is 0 Å². The summed E-state index contributed by atoms with van der Waals surface area (Å²) in [6.07, 6.45) is 0.447. The van der Waals surface area contributed by atoms with Crippen LogP contribution in [0.25, 0.3) is 0 Å². The lowest BCUT2D eigenvalue weighted by Crippen LogP contribution is -2.35. The fourth-order valence-electron chi connectivity index (χ4n) is 1.86. The molecule has 98 valence electrons. The first kappa shape index (κ1) is 13.6. The smallest absolute Gasteiger partial charge is 0.251 e. The van der Waals surface area contributed by atoms with Gasteiger partial charge in [-0.15, -0.1) is 0 Å². The minimum Gasteiger partial charge on any atom is -0.348 e. The van der Waals surface area contributed by atoms with Crippen molar-refractivity contribution in [2.45, 2.75) is 12.5 Å². The summed E-state index contributed by atoms with van der Waals surface area (Å²) in [7, 11) is -3.01. The molecule has 1 fully saturated rings. The number of hydrogen-bond donors (Lipinski definition) is 1. The number of carbonyl (C=O) groups is 1. The summed E-state index contributed by atoms with van der Waals surface area (Å²) in [6, 6.07) is 4.18. The van der Waals surface area contributed by atoms with E-state index in [0.717, 1.165) is 0 Å². The van der Waals surface area contributed by atoms with Gasteiger partial charge in [-0.1, -0.05) is 23.2 Å². The summed E-state index contributed by atoms with van der Waals surface area (Å²) in [6.45, 7) is 0. The second kappa shape index (κ2) is 5.07. The van der Waals surface area contributed by atoms with E-state index < -0.39 is 9.84 Å². The van der Waals surface area contributed by atoms with Crippen molar-refractivity contribution in [3.63, 3.8) is 0 Å². The van der Waals surface area contributed by atoms with Gasteiger partial charge in [0, 0.05) is 21.7 Å². The van der Waals surface area contributed by atoms with E-state index in [1.165, 1.54) is 18.2 Å². The SMILES string of the molecule is O=C(N[C@@H]1CCS(=O)(=O)C1)c1cc(Cl)cc(Cl)c1. The van der Waals surface area contributed by atoms with Crippen LogP contribution in [0.4, 0.5) is 0 Å². The number of nitrogens with one attached hydrogen (secondary N) is 1. The molecule has 0 aliphatic carbocycles. The summed E-state index contributed by atoms with van der Waals surface area (Å²) < 4.78 is 22.5. The van der Waals surface area contributed by atoms with E-state index in [2.05, 4.69) is 5.32 Å². The number of sulfone groups is 1. The maximum Gasteiger partial charge on any atom is 0.251 e. The van der Waals surface area contributed by atoms with Crippen LogP contribution in [-0.4, -0.2) is 31.9 Å². The average Bonchev–Trinajstić information content (AvgIpc) is 2.56. The van der Waals surface area contributed by atoms with Crippen LogP contribution >= 0.6 is 23.2 Å². The Morgan fingerprint density at radius 1 is 1.22 bits per heavy atom. The van der Waals surface area contributed by atoms with Crippen molar-refractivity contribution in [2.75, 3.05) is 11.5 Å². The topological polar surface area (TPSA) is 63.2 Å². The lowest BCUT2D eigenvalue weighted by atomic mass is 10.2. The summed E-state index contributed by atoms with van der Waals surface area (Å²) in [5, 5.41) is 3.40. The van der Waals surface area contributed by atoms with Gasteiger partial charge in [-0.25, -0.2) is 8.42 Å². The maximum absolute atomic E-state index is 11.9. The highest BCUT2D eigenvalue weighted by Crippen LogP contribution is 2.19. The minimum atomic E-state index is -3.01. The third kappa shape index (κ3) is 3.37. The highest BCUT2D eigenvalue weighted by Gasteiger charge is 2.29. The van der Waals surface area contributed by atoms with E-state index >= 15 is 0 Å². The first-order chi connectivity index (χ1) is 8.35. The molecule has 1 heterocycles. The zero-order valence-corrected chi connectivity index (χ0v) is 11.6. The zero-order valence-electron chi connectivity index (χ0n) is 9.32. The van der Waals surface area contributed by atoms with Crippen LogP contribution in [0.3, 0.4) is 0 Å². The molecule has 1 aliphatic rings. The Morgan fingerprint density at radius 2 is 1.83 bits per heavy atom. The summed E-state index contributed by atoms with van der Waals surface area (Å²) >= 11 is 11.6. The van der Waals surface area contributed by atoms with Crippen molar-refractivity contribution >= 4 is 38.9 Å². The standard InChI is InChI=1S/C11H11Cl2NO3S/c12-8-3-7(4-9(13)5-8)11(15)14-10-1-2-18(16,17)6-10/h3-5,10H,1-2,6H2,(H,14,15)/t10-/m1/s1. The van der Waals surface area contributed by atoms with Crippen LogP contribution in [-0.2, 0) is 9.84 Å². The zero-order chi connectivity index (χ0) is 13.3. The van der Waals surface area contributed by atoms with Crippen molar-refractivity contribution in [1.29, 1.82) is 0 Å². The molecule has 1 atom stereocenters. The van der Waals surface area contributed by atoms with Gasteiger partial charge in [0.2, 0.25) is 0 Å². The fraction of sp³-hybridized carbons (Fsp3) is 0.364. The monoisotopic (exact) mass is 307 g/mol. The highest BCUT2D eigenvalue weighted by atomic mass is 35.5. The molecule has 0 bridgehead atoms. The first-order valence-corrected chi connectivity index (χ1v) is 7.91. The Bertz CT molecular complexity index is 566. The van der Waals surface area contributed by atoms with Crippen molar-refractivity contribution in [3.8, 4) is 0 Å². The molecule has 18 heavy (non-hydrogen) atoms. The Labute approximate surface area is 115 Å². The number of rotatable bonds is 2. The number of halogens is 2. The Hall–Kier alpha value is -0.780. The largest absolute Gasteiger partial charge is 0.348 e. The maximum atomic E-state index is 11.9. The van der Waals surface area contributed by atoms with E-state index in [-0.39, 0.29) is 23.5 Å². The predicted molar refractivity (Wildman–Crippen MR) is 71.0 cm³/mol. The van der Waals surface area contributed by atoms with E-state index in [0.29, 0.717) is 22.0 Å². The van der Waals surface area contributed by atoms with Crippen LogP contribution in [0, 0.1) is 0 Å². The summed E-state index contributed by atoms with van der Waals surface area (Å²) in [4.78, 5) is 11.9. The quantitative estimate of drug-likeness (QED) is 0.908. The normalized spacial score (nSPS) is 21.8. The molecular weight excluding hydrogens is 297 g/mol. The van der Waals surface area contributed by atoms with Gasteiger partial charge in [-0.05, 0) is 24.6 Å². The van der Waals surface area contributed by atoms with Crippen LogP contribution in [0.2, 0.25) is 10.0 Å². The Kier molecular flexibility index (Phi) is 3.84. The molecule has 1 aliphatic heterocycles. The van der Waals surface area contributed by atoms with Gasteiger partial charge < -0.3 is 5.32 Å². The molecular formula is C11H11Cl2NO3S. The average molecular weight is 308 g/mol. The van der Waals surface area contributed by atoms with E-state index in [4.69, 9.17) is 23.2 Å². The molecule has 4 nitrogen and oxygen atoms in total. The van der Waals surface area contributed by atoms with Gasteiger partial charge in [-0.3, -0.25) is 4.79 Å². The number of carbonyl (C=O) groups excluding carboxylic acids is 1. The fourth-order valence-corrected chi connectivity index (χ4v) is 4.06. The van der Waals surface area contributed by atoms with Crippen LogP contribution in [0.15, 0.2) is 18.2 Å². The molecule has 0 radical (unpaired) electrons. The molecule has 1 N–H and O–H groups in total.